The summed E-state index contributed by atoms with van der Waals surface area (Å²) in [6, 6.07) is 8.91. The molecule has 4 heteroatoms. The standard InChI is InChI=1S/C15H16FN3/c1-3-19-6-4-5-13(19)10-18-15-8-12(9-17)7-14(16)11(15)2/h4-8,18H,3,10H2,1-2H3. The van der Waals surface area contributed by atoms with E-state index in [1.807, 2.05) is 24.4 Å². The molecular weight excluding hydrogens is 241 g/mol. The van der Waals surface area contributed by atoms with Crippen molar-refractivity contribution in [3.8, 4) is 6.07 Å². The fourth-order valence-corrected chi connectivity index (χ4v) is 2.03. The quantitative estimate of drug-likeness (QED) is 0.911. The smallest absolute Gasteiger partial charge is 0.129 e. The highest BCUT2D eigenvalue weighted by Crippen LogP contribution is 2.21. The zero-order valence-corrected chi connectivity index (χ0v) is 11.1. The lowest BCUT2D eigenvalue weighted by Crippen LogP contribution is -2.07. The number of nitrogens with one attached hydrogen (secondary N) is 1. The first-order chi connectivity index (χ1) is 9.15. The summed E-state index contributed by atoms with van der Waals surface area (Å²) < 4.78 is 15.8. The van der Waals surface area contributed by atoms with Gasteiger partial charge in [0.05, 0.1) is 18.2 Å². The number of anilines is 1. The molecule has 0 atom stereocenters. The number of hydrogen-bond acceptors (Lipinski definition) is 2. The molecule has 0 aliphatic carbocycles. The van der Waals surface area contributed by atoms with Crippen LogP contribution in [0.1, 0.15) is 23.7 Å². The highest BCUT2D eigenvalue weighted by atomic mass is 19.1. The average molecular weight is 257 g/mol. The Bertz CT molecular complexity index is 623. The molecule has 0 amide bonds. The van der Waals surface area contributed by atoms with Crippen molar-refractivity contribution in [2.45, 2.75) is 26.9 Å². The lowest BCUT2D eigenvalue weighted by molar-refractivity contribution is 0.618. The van der Waals surface area contributed by atoms with Gasteiger partial charge in [-0.2, -0.15) is 5.26 Å². The van der Waals surface area contributed by atoms with Crippen molar-refractivity contribution in [2.75, 3.05) is 5.32 Å². The second-order valence-corrected chi connectivity index (χ2v) is 4.38. The molecule has 0 unspecified atom stereocenters. The van der Waals surface area contributed by atoms with Gasteiger partial charge in [0.25, 0.3) is 0 Å². The summed E-state index contributed by atoms with van der Waals surface area (Å²) in [5.74, 6) is -0.354. The SMILES string of the molecule is CCn1cccc1CNc1cc(C#N)cc(F)c1C. The van der Waals surface area contributed by atoms with Gasteiger partial charge in [0.15, 0.2) is 0 Å². The topological polar surface area (TPSA) is 40.8 Å². The van der Waals surface area contributed by atoms with Crippen molar-refractivity contribution in [3.63, 3.8) is 0 Å². The van der Waals surface area contributed by atoms with Crippen molar-refractivity contribution in [1.82, 2.24) is 4.57 Å². The van der Waals surface area contributed by atoms with Gasteiger partial charge < -0.3 is 9.88 Å². The van der Waals surface area contributed by atoms with Crippen LogP contribution in [0.25, 0.3) is 0 Å². The summed E-state index contributed by atoms with van der Waals surface area (Å²) in [7, 11) is 0. The van der Waals surface area contributed by atoms with Crippen LogP contribution in [0, 0.1) is 24.1 Å². The van der Waals surface area contributed by atoms with Crippen LogP contribution in [-0.4, -0.2) is 4.57 Å². The summed E-state index contributed by atoms with van der Waals surface area (Å²) in [6.45, 7) is 5.29. The minimum Gasteiger partial charge on any atom is -0.379 e. The Balaban J connectivity index is 2.20. The lowest BCUT2D eigenvalue weighted by Gasteiger charge is -2.12. The molecule has 2 aromatic rings. The predicted octanol–water partition coefficient (Wildman–Crippen LogP) is 3.44. The van der Waals surface area contributed by atoms with Gasteiger partial charge in [0.1, 0.15) is 5.82 Å². The van der Waals surface area contributed by atoms with Crippen LogP contribution >= 0.6 is 0 Å². The molecule has 1 N–H and O–H groups in total. The number of aryl methyl sites for hydroxylation is 1. The van der Waals surface area contributed by atoms with Crippen LogP contribution in [0.5, 0.6) is 0 Å². The van der Waals surface area contributed by atoms with Gasteiger partial charge in [-0.3, -0.25) is 0 Å². The molecule has 3 nitrogen and oxygen atoms in total. The molecule has 0 saturated heterocycles. The Kier molecular flexibility index (Phi) is 3.86. The molecule has 0 fully saturated rings. The second-order valence-electron chi connectivity index (χ2n) is 4.38. The van der Waals surface area contributed by atoms with E-state index >= 15 is 0 Å². The fourth-order valence-electron chi connectivity index (χ4n) is 2.03. The molecule has 0 bridgehead atoms. The van der Waals surface area contributed by atoms with Gasteiger partial charge in [0, 0.05) is 29.7 Å². The third-order valence-electron chi connectivity index (χ3n) is 3.20. The molecule has 0 saturated carbocycles. The van der Waals surface area contributed by atoms with E-state index in [1.54, 1.807) is 13.0 Å². The molecular formula is C15H16FN3. The number of halogens is 1. The maximum Gasteiger partial charge on any atom is 0.129 e. The van der Waals surface area contributed by atoms with Gasteiger partial charge in [-0.1, -0.05) is 0 Å². The van der Waals surface area contributed by atoms with Crippen LogP contribution in [-0.2, 0) is 13.1 Å². The first-order valence-electron chi connectivity index (χ1n) is 6.23. The minimum absolute atomic E-state index is 0.330. The van der Waals surface area contributed by atoms with E-state index < -0.39 is 0 Å². The summed E-state index contributed by atoms with van der Waals surface area (Å²) in [4.78, 5) is 0. The fraction of sp³-hybridized carbons (Fsp3) is 0.267. The molecule has 0 aliphatic rings. The number of hydrogen-bond donors (Lipinski definition) is 1. The van der Waals surface area contributed by atoms with Crippen LogP contribution in [0.3, 0.4) is 0 Å². The van der Waals surface area contributed by atoms with Gasteiger partial charge in [0.2, 0.25) is 0 Å². The van der Waals surface area contributed by atoms with Crippen molar-refractivity contribution in [1.29, 1.82) is 5.26 Å². The molecule has 0 radical (unpaired) electrons. The number of nitriles is 1. The first kappa shape index (κ1) is 13.2. The summed E-state index contributed by atoms with van der Waals surface area (Å²) >= 11 is 0. The van der Waals surface area contributed by atoms with Crippen molar-refractivity contribution in [3.05, 3.63) is 53.1 Å². The van der Waals surface area contributed by atoms with Gasteiger partial charge in [-0.05, 0) is 38.1 Å². The Morgan fingerprint density at radius 2 is 2.21 bits per heavy atom. The first-order valence-corrected chi connectivity index (χ1v) is 6.23. The van der Waals surface area contributed by atoms with Crippen molar-refractivity contribution >= 4 is 5.69 Å². The van der Waals surface area contributed by atoms with Crippen molar-refractivity contribution < 1.29 is 4.39 Å². The van der Waals surface area contributed by atoms with Gasteiger partial charge in [-0.15, -0.1) is 0 Å². The Morgan fingerprint density at radius 3 is 2.89 bits per heavy atom. The Morgan fingerprint density at radius 1 is 1.42 bits per heavy atom. The number of rotatable bonds is 4. The average Bonchev–Trinajstić information content (AvgIpc) is 2.87. The van der Waals surface area contributed by atoms with Gasteiger partial charge in [-0.25, -0.2) is 4.39 Å². The number of benzene rings is 1. The zero-order chi connectivity index (χ0) is 13.8. The second kappa shape index (κ2) is 5.57. The van der Waals surface area contributed by atoms with Crippen LogP contribution in [0.15, 0.2) is 30.5 Å². The van der Waals surface area contributed by atoms with E-state index in [2.05, 4.69) is 16.8 Å². The van der Waals surface area contributed by atoms with E-state index in [4.69, 9.17) is 5.26 Å². The third-order valence-corrected chi connectivity index (χ3v) is 3.20. The monoisotopic (exact) mass is 257 g/mol. The summed E-state index contributed by atoms with van der Waals surface area (Å²) in [5, 5.41) is 12.1. The van der Waals surface area contributed by atoms with E-state index in [-0.39, 0.29) is 5.82 Å². The largest absolute Gasteiger partial charge is 0.379 e. The van der Waals surface area contributed by atoms with E-state index in [1.165, 1.54) is 6.07 Å². The Labute approximate surface area is 112 Å². The molecule has 1 aromatic carbocycles. The maximum atomic E-state index is 13.6. The summed E-state index contributed by atoms with van der Waals surface area (Å²) in [5.41, 5.74) is 2.66. The van der Waals surface area contributed by atoms with Gasteiger partial charge >= 0.3 is 0 Å². The van der Waals surface area contributed by atoms with Crippen LogP contribution < -0.4 is 5.32 Å². The molecule has 1 heterocycles. The van der Waals surface area contributed by atoms with Crippen LogP contribution in [0.4, 0.5) is 10.1 Å². The summed E-state index contributed by atoms with van der Waals surface area (Å²) in [6.07, 6.45) is 2.01. The Hall–Kier alpha value is -2.28. The highest BCUT2D eigenvalue weighted by molar-refractivity contribution is 5.55. The molecule has 0 spiro atoms. The predicted molar refractivity (Wildman–Crippen MR) is 73.3 cm³/mol. The molecule has 19 heavy (non-hydrogen) atoms. The molecule has 1 aromatic heterocycles. The number of aromatic nitrogens is 1. The van der Waals surface area contributed by atoms with E-state index in [9.17, 15) is 4.39 Å². The molecule has 2 rings (SSSR count). The van der Waals surface area contributed by atoms with Crippen LogP contribution in [0.2, 0.25) is 0 Å². The third kappa shape index (κ3) is 2.76. The maximum absolute atomic E-state index is 13.6. The number of nitrogens with zero attached hydrogens (tertiary/aromatic N) is 2. The van der Waals surface area contributed by atoms with E-state index in [0.717, 1.165) is 12.2 Å². The van der Waals surface area contributed by atoms with E-state index in [0.29, 0.717) is 23.4 Å². The zero-order valence-electron chi connectivity index (χ0n) is 11.1. The molecule has 98 valence electrons. The lowest BCUT2D eigenvalue weighted by atomic mass is 10.1. The minimum atomic E-state index is -0.354. The van der Waals surface area contributed by atoms with Crippen molar-refractivity contribution in [2.24, 2.45) is 0 Å². The highest BCUT2D eigenvalue weighted by Gasteiger charge is 2.07. The molecule has 0 aliphatic heterocycles. The normalized spacial score (nSPS) is 10.2.